The zero-order chi connectivity index (χ0) is 5.70. The fraction of sp³-hybridized carbons (Fsp3) is 0.400. The minimum absolute atomic E-state index is 0.611. The van der Waals surface area contributed by atoms with E-state index in [-0.39, 0.29) is 0 Å². The maximum atomic E-state index is 8.15. The third-order valence-corrected chi connectivity index (χ3v) is 0.678. The molecule has 0 rings (SSSR count). The molecule has 0 aromatic carbocycles. The van der Waals surface area contributed by atoms with Crippen molar-refractivity contribution < 1.29 is 0 Å². The monoisotopic (exact) mass is 96.1 g/mol. The van der Waals surface area contributed by atoms with Crippen molar-refractivity contribution in [3.8, 4) is 6.07 Å². The number of hydrogen-bond acceptors (Lipinski definition) is 2. The van der Waals surface area contributed by atoms with E-state index < -0.39 is 0 Å². The molecule has 1 N–H and O–H groups in total. The van der Waals surface area contributed by atoms with Crippen LogP contribution in [0, 0.1) is 11.3 Å². The first-order chi connectivity index (χ1) is 3.35. The van der Waals surface area contributed by atoms with E-state index in [0.29, 0.717) is 5.70 Å². The molecule has 0 radical (unpaired) electrons. The zero-order valence-electron chi connectivity index (χ0n) is 4.52. The Kier molecular flexibility index (Phi) is 2.78. The molecule has 2 heteroatoms. The van der Waals surface area contributed by atoms with E-state index in [0.717, 1.165) is 0 Å². The van der Waals surface area contributed by atoms with Crippen molar-refractivity contribution in [2.45, 2.75) is 6.92 Å². The molecule has 0 amide bonds. The number of hydrogen-bond donors (Lipinski definition) is 1. The molecule has 0 aliphatic carbocycles. The molecule has 0 aliphatic rings. The summed E-state index contributed by atoms with van der Waals surface area (Å²) >= 11 is 0. The van der Waals surface area contributed by atoms with Crippen molar-refractivity contribution in [2.24, 2.45) is 0 Å². The van der Waals surface area contributed by atoms with Gasteiger partial charge in [-0.2, -0.15) is 5.26 Å². The summed E-state index contributed by atoms with van der Waals surface area (Å²) in [4.78, 5) is 0. The largest absolute Gasteiger partial charge is 0.380 e. The summed E-state index contributed by atoms with van der Waals surface area (Å²) in [6.45, 7) is 1.81. The van der Waals surface area contributed by atoms with Crippen molar-refractivity contribution in [1.29, 1.82) is 5.26 Å². The van der Waals surface area contributed by atoms with Gasteiger partial charge in [-0.3, -0.25) is 0 Å². The van der Waals surface area contributed by atoms with E-state index in [1.54, 1.807) is 13.1 Å². The molecule has 0 saturated heterocycles. The first kappa shape index (κ1) is 6.03. The Morgan fingerprint density at radius 2 is 2.43 bits per heavy atom. The Morgan fingerprint density at radius 3 is 2.43 bits per heavy atom. The third-order valence-electron chi connectivity index (χ3n) is 0.678. The molecule has 0 aromatic rings. The van der Waals surface area contributed by atoms with Gasteiger partial charge in [0.25, 0.3) is 0 Å². The first-order valence-corrected chi connectivity index (χ1v) is 2.09. The van der Waals surface area contributed by atoms with E-state index in [4.69, 9.17) is 5.26 Å². The highest BCUT2D eigenvalue weighted by atomic mass is 14.8. The lowest BCUT2D eigenvalue weighted by Gasteiger charge is -1.88. The van der Waals surface area contributed by atoms with Crippen LogP contribution in [0.3, 0.4) is 0 Å². The highest BCUT2D eigenvalue weighted by Gasteiger charge is 1.79. The fourth-order valence-electron chi connectivity index (χ4n) is 0.265. The van der Waals surface area contributed by atoms with Crippen LogP contribution in [-0.4, -0.2) is 7.05 Å². The van der Waals surface area contributed by atoms with Crippen LogP contribution < -0.4 is 5.32 Å². The lowest BCUT2D eigenvalue weighted by atomic mass is 10.4. The molecule has 0 fully saturated rings. The summed E-state index contributed by atoms with van der Waals surface area (Å²) in [7, 11) is 1.72. The molecule has 0 saturated carbocycles. The summed E-state index contributed by atoms with van der Waals surface area (Å²) in [5, 5.41) is 10.8. The fourth-order valence-corrected chi connectivity index (χ4v) is 0.265. The van der Waals surface area contributed by atoms with E-state index in [1.165, 1.54) is 0 Å². The minimum Gasteiger partial charge on any atom is -0.380 e. The first-order valence-electron chi connectivity index (χ1n) is 2.09. The number of nitrogens with zero attached hydrogens (tertiary/aromatic N) is 1. The normalized spacial score (nSPS) is 10.1. The van der Waals surface area contributed by atoms with E-state index in [1.807, 2.05) is 13.0 Å². The van der Waals surface area contributed by atoms with E-state index in [9.17, 15) is 0 Å². The van der Waals surface area contributed by atoms with Gasteiger partial charge < -0.3 is 5.32 Å². The minimum atomic E-state index is 0.611. The maximum absolute atomic E-state index is 8.15. The highest BCUT2D eigenvalue weighted by Crippen LogP contribution is 1.78. The number of nitrogens with one attached hydrogen (secondary N) is 1. The summed E-state index contributed by atoms with van der Waals surface area (Å²) in [5.74, 6) is 0. The summed E-state index contributed by atoms with van der Waals surface area (Å²) in [6.07, 6.45) is 1.72. The Bertz CT molecular complexity index is 108. The van der Waals surface area contributed by atoms with Gasteiger partial charge in [0.05, 0.1) is 0 Å². The van der Waals surface area contributed by atoms with Gasteiger partial charge >= 0.3 is 0 Å². The second-order valence-electron chi connectivity index (χ2n) is 1.06. The molecule has 38 valence electrons. The molecule has 0 aliphatic heterocycles. The van der Waals surface area contributed by atoms with Crippen LogP contribution >= 0.6 is 0 Å². The van der Waals surface area contributed by atoms with Gasteiger partial charge in [-0.1, -0.05) is 6.08 Å². The predicted octanol–water partition coefficient (Wildman–Crippen LogP) is 0.633. The smallest absolute Gasteiger partial charge is 0.117 e. The van der Waals surface area contributed by atoms with Gasteiger partial charge in [0.2, 0.25) is 0 Å². The van der Waals surface area contributed by atoms with Gasteiger partial charge in [0, 0.05) is 7.05 Å². The topological polar surface area (TPSA) is 35.8 Å². The highest BCUT2D eigenvalue weighted by molar-refractivity contribution is 5.16. The summed E-state index contributed by atoms with van der Waals surface area (Å²) < 4.78 is 0. The van der Waals surface area contributed by atoms with Gasteiger partial charge in [-0.15, -0.1) is 0 Å². The van der Waals surface area contributed by atoms with Crippen molar-refractivity contribution in [3.05, 3.63) is 11.8 Å². The lowest BCUT2D eigenvalue weighted by Crippen LogP contribution is -2.01. The molecule has 0 bridgehead atoms. The molecule has 0 heterocycles. The van der Waals surface area contributed by atoms with Gasteiger partial charge in [0.1, 0.15) is 11.8 Å². The van der Waals surface area contributed by atoms with Crippen LogP contribution in [-0.2, 0) is 0 Å². The van der Waals surface area contributed by atoms with Crippen molar-refractivity contribution in [1.82, 2.24) is 5.32 Å². The van der Waals surface area contributed by atoms with Crippen molar-refractivity contribution in [2.75, 3.05) is 7.05 Å². The maximum Gasteiger partial charge on any atom is 0.117 e. The Hall–Kier alpha value is -0.970. The molecular weight excluding hydrogens is 88.1 g/mol. The Labute approximate surface area is 43.5 Å². The summed E-state index contributed by atoms with van der Waals surface area (Å²) in [6, 6.07) is 1.95. The Balaban J connectivity index is 3.68. The molecule has 7 heavy (non-hydrogen) atoms. The van der Waals surface area contributed by atoms with Gasteiger partial charge in [0.15, 0.2) is 0 Å². The molecule has 0 atom stereocenters. The quantitative estimate of drug-likeness (QED) is 0.486. The molecule has 0 aromatic heterocycles. The van der Waals surface area contributed by atoms with Gasteiger partial charge in [-0.25, -0.2) is 0 Å². The molecule has 0 spiro atoms. The van der Waals surface area contributed by atoms with Crippen LogP contribution in [0.25, 0.3) is 0 Å². The van der Waals surface area contributed by atoms with Crippen LogP contribution in [0.4, 0.5) is 0 Å². The average Bonchev–Trinajstić information content (AvgIpc) is 1.72. The van der Waals surface area contributed by atoms with E-state index >= 15 is 0 Å². The average molecular weight is 96.1 g/mol. The number of rotatable bonds is 1. The molecule has 2 nitrogen and oxygen atoms in total. The second kappa shape index (κ2) is 3.23. The predicted molar refractivity (Wildman–Crippen MR) is 28.4 cm³/mol. The van der Waals surface area contributed by atoms with Crippen molar-refractivity contribution in [3.63, 3.8) is 0 Å². The van der Waals surface area contributed by atoms with Crippen molar-refractivity contribution >= 4 is 0 Å². The van der Waals surface area contributed by atoms with Crippen LogP contribution in [0.1, 0.15) is 6.92 Å². The van der Waals surface area contributed by atoms with E-state index in [2.05, 4.69) is 5.32 Å². The third kappa shape index (κ3) is 1.83. The second-order valence-corrected chi connectivity index (χ2v) is 1.06. The summed E-state index contributed by atoms with van der Waals surface area (Å²) in [5.41, 5.74) is 0.611. The molecular formula is C5H8N2. The number of nitriles is 1. The molecule has 0 unspecified atom stereocenters. The number of allylic oxidation sites excluding steroid dienone is 2. The van der Waals surface area contributed by atoms with Crippen LogP contribution in [0.15, 0.2) is 11.8 Å². The standard InChI is InChI=1S/C5H8N2/c1-3-5(4-6)7-2/h3,7H,1-2H3/b5-3-. The van der Waals surface area contributed by atoms with Gasteiger partial charge in [-0.05, 0) is 6.92 Å². The van der Waals surface area contributed by atoms with Crippen LogP contribution in [0.5, 0.6) is 0 Å². The van der Waals surface area contributed by atoms with Crippen LogP contribution in [0.2, 0.25) is 0 Å². The SMILES string of the molecule is C/C=C(/C#N)NC. The zero-order valence-corrected chi connectivity index (χ0v) is 4.52. The Morgan fingerprint density at radius 1 is 1.86 bits per heavy atom. The lowest BCUT2D eigenvalue weighted by molar-refractivity contribution is 1.03.